The summed E-state index contributed by atoms with van der Waals surface area (Å²) in [7, 11) is 0. The molecule has 0 bridgehead atoms. The van der Waals surface area contributed by atoms with E-state index in [0.717, 1.165) is 22.5 Å². The van der Waals surface area contributed by atoms with Crippen molar-refractivity contribution in [1.82, 2.24) is 25.0 Å². The number of carbonyl (C=O) groups is 1. The molecule has 0 saturated heterocycles. The van der Waals surface area contributed by atoms with Crippen LogP contribution in [-0.2, 0) is 12.8 Å². The lowest BCUT2D eigenvalue weighted by Gasteiger charge is -2.18. The zero-order valence-corrected chi connectivity index (χ0v) is 12.9. The van der Waals surface area contributed by atoms with Gasteiger partial charge in [0.25, 0.3) is 5.91 Å². The first-order valence-electron chi connectivity index (χ1n) is 7.76. The van der Waals surface area contributed by atoms with Gasteiger partial charge in [-0.3, -0.25) is 9.78 Å². The van der Waals surface area contributed by atoms with E-state index in [1.807, 2.05) is 12.1 Å². The molecular formula is C17H15N5O2. The highest BCUT2D eigenvalue weighted by Gasteiger charge is 2.24. The molecule has 7 heteroatoms. The molecule has 3 aromatic rings. The van der Waals surface area contributed by atoms with Crippen LogP contribution in [0.1, 0.15) is 21.8 Å². The zero-order chi connectivity index (χ0) is 16.4. The standard InChI is InChI=1S/C17H15N5O2/c23-17(15-3-7-21-24-15)22-8-4-13-14(5-9-22)19-11-20-16(13)12-2-1-6-18-10-12/h1-3,6-7,10-11H,4-5,8-9H2. The van der Waals surface area contributed by atoms with Crippen molar-refractivity contribution in [3.05, 3.63) is 60.1 Å². The number of rotatable bonds is 2. The lowest BCUT2D eigenvalue weighted by molar-refractivity contribution is 0.0721. The topological polar surface area (TPSA) is 85.0 Å². The van der Waals surface area contributed by atoms with Gasteiger partial charge in [-0.15, -0.1) is 0 Å². The van der Waals surface area contributed by atoms with Crippen molar-refractivity contribution in [1.29, 1.82) is 0 Å². The predicted octanol–water partition coefficient (Wildman–Crippen LogP) is 1.77. The summed E-state index contributed by atoms with van der Waals surface area (Å²) in [6.45, 7) is 1.18. The normalized spacial score (nSPS) is 14.1. The maximum absolute atomic E-state index is 12.5. The van der Waals surface area contributed by atoms with Gasteiger partial charge in [0.2, 0.25) is 5.76 Å². The van der Waals surface area contributed by atoms with E-state index in [1.54, 1.807) is 29.7 Å². The van der Waals surface area contributed by atoms with Crippen LogP contribution in [0.4, 0.5) is 0 Å². The Kier molecular flexibility index (Phi) is 3.74. The molecule has 0 radical (unpaired) electrons. The van der Waals surface area contributed by atoms with Crippen LogP contribution in [-0.4, -0.2) is 44.0 Å². The second-order valence-corrected chi connectivity index (χ2v) is 5.56. The zero-order valence-electron chi connectivity index (χ0n) is 12.9. The highest BCUT2D eigenvalue weighted by Crippen LogP contribution is 2.25. The summed E-state index contributed by atoms with van der Waals surface area (Å²) in [5, 5.41) is 3.60. The summed E-state index contributed by atoms with van der Waals surface area (Å²) >= 11 is 0. The highest BCUT2D eigenvalue weighted by molar-refractivity contribution is 5.91. The van der Waals surface area contributed by atoms with Crippen molar-refractivity contribution < 1.29 is 9.32 Å². The minimum absolute atomic E-state index is 0.142. The molecule has 24 heavy (non-hydrogen) atoms. The lowest BCUT2D eigenvalue weighted by atomic mass is 10.0. The number of carbonyl (C=O) groups excluding carboxylic acids is 1. The van der Waals surface area contributed by atoms with Crippen molar-refractivity contribution in [3.8, 4) is 11.3 Å². The largest absolute Gasteiger partial charge is 0.351 e. The Hall–Kier alpha value is -3.09. The van der Waals surface area contributed by atoms with E-state index in [9.17, 15) is 4.79 Å². The van der Waals surface area contributed by atoms with E-state index >= 15 is 0 Å². The number of nitrogens with zero attached hydrogens (tertiary/aromatic N) is 5. The van der Waals surface area contributed by atoms with Crippen molar-refractivity contribution in [2.24, 2.45) is 0 Å². The number of aromatic nitrogens is 4. The number of hydrogen-bond donors (Lipinski definition) is 0. The van der Waals surface area contributed by atoms with Crippen molar-refractivity contribution in [3.63, 3.8) is 0 Å². The SMILES string of the molecule is O=C(c1ccno1)N1CCc2ncnc(-c3cccnc3)c2CC1. The van der Waals surface area contributed by atoms with Crippen LogP contribution in [0, 0.1) is 0 Å². The average molecular weight is 321 g/mol. The second kappa shape index (κ2) is 6.19. The van der Waals surface area contributed by atoms with Gasteiger partial charge in [-0.1, -0.05) is 5.16 Å². The summed E-state index contributed by atoms with van der Waals surface area (Å²) in [6.07, 6.45) is 7.97. The molecule has 0 fully saturated rings. The minimum Gasteiger partial charge on any atom is -0.351 e. The maximum Gasteiger partial charge on any atom is 0.292 e. The summed E-state index contributed by atoms with van der Waals surface area (Å²) in [5.41, 5.74) is 3.92. The molecule has 0 saturated carbocycles. The molecule has 0 N–H and O–H groups in total. The number of amides is 1. The second-order valence-electron chi connectivity index (χ2n) is 5.56. The summed E-state index contributed by atoms with van der Waals surface area (Å²) in [6, 6.07) is 5.46. The van der Waals surface area contributed by atoms with Gasteiger partial charge in [0.15, 0.2) is 0 Å². The van der Waals surface area contributed by atoms with E-state index in [0.29, 0.717) is 25.9 Å². The molecule has 0 spiro atoms. The van der Waals surface area contributed by atoms with Crippen LogP contribution >= 0.6 is 0 Å². The van der Waals surface area contributed by atoms with Crippen molar-refractivity contribution >= 4 is 5.91 Å². The van der Waals surface area contributed by atoms with E-state index in [2.05, 4.69) is 20.1 Å². The maximum atomic E-state index is 12.5. The predicted molar refractivity (Wildman–Crippen MR) is 85.1 cm³/mol. The summed E-state index contributed by atoms with van der Waals surface area (Å²) < 4.78 is 4.98. The molecule has 3 aromatic heterocycles. The highest BCUT2D eigenvalue weighted by atomic mass is 16.5. The monoisotopic (exact) mass is 321 g/mol. The first-order chi connectivity index (χ1) is 11.8. The number of fused-ring (bicyclic) bond motifs is 1. The van der Waals surface area contributed by atoms with Crippen LogP contribution < -0.4 is 0 Å². The van der Waals surface area contributed by atoms with Gasteiger partial charge < -0.3 is 9.42 Å². The van der Waals surface area contributed by atoms with E-state index in [1.165, 1.54) is 6.20 Å². The van der Waals surface area contributed by atoms with Crippen LogP contribution in [0.25, 0.3) is 11.3 Å². The third-order valence-electron chi connectivity index (χ3n) is 4.16. The average Bonchev–Trinajstić information content (AvgIpc) is 3.08. The first-order valence-corrected chi connectivity index (χ1v) is 7.76. The summed E-state index contributed by atoms with van der Waals surface area (Å²) in [5.74, 6) is 0.121. The molecule has 120 valence electrons. The van der Waals surface area contributed by atoms with E-state index in [4.69, 9.17) is 4.52 Å². The molecule has 0 atom stereocenters. The van der Waals surface area contributed by atoms with Gasteiger partial charge in [-0.2, -0.15) is 0 Å². The Bertz CT molecular complexity index is 849. The van der Waals surface area contributed by atoms with Gasteiger partial charge in [0.05, 0.1) is 11.9 Å². The van der Waals surface area contributed by atoms with Crippen LogP contribution in [0.3, 0.4) is 0 Å². The fourth-order valence-corrected chi connectivity index (χ4v) is 2.96. The summed E-state index contributed by atoms with van der Waals surface area (Å²) in [4.78, 5) is 27.3. The van der Waals surface area contributed by atoms with Crippen LogP contribution in [0.15, 0.2) is 47.6 Å². The van der Waals surface area contributed by atoms with Crippen LogP contribution in [0.5, 0.6) is 0 Å². The fourth-order valence-electron chi connectivity index (χ4n) is 2.96. The Labute approximate surface area is 138 Å². The van der Waals surface area contributed by atoms with E-state index in [-0.39, 0.29) is 11.7 Å². The molecule has 1 aliphatic heterocycles. The van der Waals surface area contributed by atoms with Crippen LogP contribution in [0.2, 0.25) is 0 Å². The molecule has 1 aliphatic rings. The van der Waals surface area contributed by atoms with Gasteiger partial charge in [-0.25, -0.2) is 9.97 Å². The molecule has 1 amide bonds. The van der Waals surface area contributed by atoms with Gasteiger partial charge >= 0.3 is 0 Å². The molecule has 0 aliphatic carbocycles. The van der Waals surface area contributed by atoms with Crippen molar-refractivity contribution in [2.75, 3.05) is 13.1 Å². The van der Waals surface area contributed by atoms with Gasteiger partial charge in [0.1, 0.15) is 6.33 Å². The third-order valence-corrected chi connectivity index (χ3v) is 4.16. The molecule has 0 aromatic carbocycles. The molecule has 4 heterocycles. The number of pyridine rings is 1. The Morgan fingerprint density at radius 1 is 1.12 bits per heavy atom. The van der Waals surface area contributed by atoms with E-state index < -0.39 is 0 Å². The Morgan fingerprint density at radius 3 is 2.83 bits per heavy atom. The van der Waals surface area contributed by atoms with Gasteiger partial charge in [0, 0.05) is 54.8 Å². The fraction of sp³-hybridized carbons (Fsp3) is 0.235. The minimum atomic E-state index is -0.142. The smallest absolute Gasteiger partial charge is 0.292 e. The molecule has 0 unspecified atom stereocenters. The van der Waals surface area contributed by atoms with Gasteiger partial charge in [-0.05, 0) is 18.6 Å². The quantitative estimate of drug-likeness (QED) is 0.715. The molecule has 7 nitrogen and oxygen atoms in total. The first kappa shape index (κ1) is 14.5. The molecular weight excluding hydrogens is 306 g/mol. The number of hydrogen-bond acceptors (Lipinski definition) is 6. The molecule has 4 rings (SSSR count). The van der Waals surface area contributed by atoms with Crippen molar-refractivity contribution in [2.45, 2.75) is 12.8 Å². The third kappa shape index (κ3) is 2.64. The Morgan fingerprint density at radius 2 is 2.04 bits per heavy atom. The lowest BCUT2D eigenvalue weighted by Crippen LogP contribution is -2.33. The Balaban J connectivity index is 1.63.